The van der Waals surface area contributed by atoms with Gasteiger partial charge < -0.3 is 0 Å². The van der Waals surface area contributed by atoms with Gasteiger partial charge in [-0.15, -0.1) is 0 Å². The molecule has 0 radical (unpaired) electrons. The molecule has 0 atom stereocenters. The van der Waals surface area contributed by atoms with Crippen molar-refractivity contribution in [1.82, 2.24) is 0 Å². The maximum absolute atomic E-state index is 12.5. The molecule has 0 unspecified atom stereocenters. The SMILES string of the molecule is O=S(=O)(O)OCC(F)(F)COS(=O)(=O)O.[LiH]. The average molecular weight is 280 g/mol. The van der Waals surface area contributed by atoms with Gasteiger partial charge in [0.25, 0.3) is 5.92 Å². The van der Waals surface area contributed by atoms with E-state index in [0.29, 0.717) is 0 Å². The molecule has 0 amide bonds. The normalized spacial score (nSPS) is 13.2. The van der Waals surface area contributed by atoms with Crippen LogP contribution in [0.15, 0.2) is 0 Å². The number of hydrogen-bond acceptors (Lipinski definition) is 6. The van der Waals surface area contributed by atoms with Crippen LogP contribution in [0.5, 0.6) is 0 Å². The Morgan fingerprint density at radius 2 is 1.19 bits per heavy atom. The summed E-state index contributed by atoms with van der Waals surface area (Å²) < 4.78 is 86.8. The van der Waals surface area contributed by atoms with Gasteiger partial charge in [0, 0.05) is 0 Å². The summed E-state index contributed by atoms with van der Waals surface area (Å²) in [4.78, 5) is 0. The molecule has 13 heteroatoms. The van der Waals surface area contributed by atoms with Crippen LogP contribution in [0.25, 0.3) is 0 Å². The van der Waals surface area contributed by atoms with Gasteiger partial charge in [-0.1, -0.05) is 0 Å². The van der Waals surface area contributed by atoms with Gasteiger partial charge in [-0.05, 0) is 0 Å². The van der Waals surface area contributed by atoms with Gasteiger partial charge >= 0.3 is 39.7 Å². The van der Waals surface area contributed by atoms with Crippen LogP contribution in [0.1, 0.15) is 0 Å². The zero-order valence-electron chi connectivity index (χ0n) is 6.83. The van der Waals surface area contributed by atoms with Gasteiger partial charge in [0.15, 0.2) is 0 Å². The number of rotatable bonds is 6. The van der Waals surface area contributed by atoms with Crippen LogP contribution in [-0.2, 0) is 29.2 Å². The topological polar surface area (TPSA) is 127 Å². The van der Waals surface area contributed by atoms with Crippen LogP contribution in [-0.4, -0.2) is 63.9 Å². The Hall–Kier alpha value is 0.197. The molecule has 8 nitrogen and oxygen atoms in total. The predicted octanol–water partition coefficient (Wildman–Crippen LogP) is -1.39. The van der Waals surface area contributed by atoms with Crippen LogP contribution in [0, 0.1) is 0 Å². The molecule has 16 heavy (non-hydrogen) atoms. The predicted molar refractivity (Wildman–Crippen MR) is 47.1 cm³/mol. The molecule has 0 rings (SSSR count). The summed E-state index contributed by atoms with van der Waals surface area (Å²) in [6.07, 6.45) is 0. The Balaban J connectivity index is 0. The molecular formula is C3H7F2LiO8S2. The van der Waals surface area contributed by atoms with Crippen molar-refractivity contribution in [2.75, 3.05) is 13.2 Å². The van der Waals surface area contributed by atoms with E-state index in [1.165, 1.54) is 0 Å². The number of alkyl halides is 2. The second-order valence-corrected chi connectivity index (χ2v) is 4.42. The van der Waals surface area contributed by atoms with Crippen molar-refractivity contribution in [3.05, 3.63) is 0 Å². The quantitative estimate of drug-likeness (QED) is 0.449. The molecule has 0 spiro atoms. The molecule has 2 N–H and O–H groups in total. The van der Waals surface area contributed by atoms with E-state index in [-0.39, 0.29) is 18.9 Å². The molecule has 0 aromatic heterocycles. The minimum absolute atomic E-state index is 0. The first-order valence-corrected chi connectivity index (χ1v) is 5.76. The van der Waals surface area contributed by atoms with Crippen molar-refractivity contribution in [1.29, 1.82) is 0 Å². The van der Waals surface area contributed by atoms with Crippen molar-refractivity contribution in [3.8, 4) is 0 Å². The van der Waals surface area contributed by atoms with Gasteiger partial charge in [-0.2, -0.15) is 16.8 Å². The fourth-order valence-electron chi connectivity index (χ4n) is 0.363. The van der Waals surface area contributed by atoms with Gasteiger partial charge in [0.05, 0.1) is 0 Å². The molecule has 94 valence electrons. The Bertz CT molecular complexity index is 363. The fourth-order valence-corrected chi connectivity index (χ4v) is 1.01. The second-order valence-electron chi connectivity index (χ2n) is 2.24. The van der Waals surface area contributed by atoms with Crippen molar-refractivity contribution in [2.24, 2.45) is 0 Å². The summed E-state index contributed by atoms with van der Waals surface area (Å²) in [5.74, 6) is -4.01. The van der Waals surface area contributed by atoms with E-state index in [2.05, 4.69) is 8.37 Å². The van der Waals surface area contributed by atoms with Crippen LogP contribution in [0.3, 0.4) is 0 Å². The zero-order valence-corrected chi connectivity index (χ0v) is 8.46. The summed E-state index contributed by atoms with van der Waals surface area (Å²) in [6, 6.07) is 0. The standard InChI is InChI=1S/C3H6F2O8S2.Li.H/c4-3(5,1-12-14(6,7)8)2-13-15(9,10)11;;/h1-2H2,(H,6,7,8)(H,9,10,11);;. The molecule has 0 heterocycles. The minimum atomic E-state index is -5.06. The first-order chi connectivity index (χ1) is 6.41. The van der Waals surface area contributed by atoms with E-state index in [1.807, 2.05) is 0 Å². The Morgan fingerprint density at radius 3 is 1.38 bits per heavy atom. The Morgan fingerprint density at radius 1 is 0.938 bits per heavy atom. The third-order valence-electron chi connectivity index (χ3n) is 0.838. The van der Waals surface area contributed by atoms with Crippen LogP contribution in [0.2, 0.25) is 0 Å². The monoisotopic (exact) mass is 280 g/mol. The summed E-state index contributed by atoms with van der Waals surface area (Å²) in [5, 5.41) is 0. The second kappa shape index (κ2) is 6.22. The summed E-state index contributed by atoms with van der Waals surface area (Å²) in [7, 11) is -10.1. The van der Waals surface area contributed by atoms with Crippen molar-refractivity contribution in [3.63, 3.8) is 0 Å². The molecule has 0 aliphatic carbocycles. The van der Waals surface area contributed by atoms with E-state index in [9.17, 15) is 25.6 Å². The molecule has 0 saturated carbocycles. The molecule has 0 saturated heterocycles. The fraction of sp³-hybridized carbons (Fsp3) is 1.00. The van der Waals surface area contributed by atoms with E-state index in [4.69, 9.17) is 9.11 Å². The molecule has 0 aliphatic heterocycles. The van der Waals surface area contributed by atoms with Gasteiger partial charge in [0.1, 0.15) is 13.2 Å². The first kappa shape index (κ1) is 18.6. The molecular weight excluding hydrogens is 273 g/mol. The zero-order chi connectivity index (χ0) is 12.3. The number of halogens is 2. The van der Waals surface area contributed by atoms with Crippen LogP contribution < -0.4 is 0 Å². The van der Waals surface area contributed by atoms with Crippen LogP contribution in [0.4, 0.5) is 8.78 Å². The van der Waals surface area contributed by atoms with Crippen LogP contribution >= 0.6 is 0 Å². The van der Waals surface area contributed by atoms with Gasteiger partial charge in [0.2, 0.25) is 0 Å². The molecule has 0 aliphatic rings. The maximum atomic E-state index is 12.5. The third kappa shape index (κ3) is 12.3. The molecule has 0 aromatic carbocycles. The summed E-state index contributed by atoms with van der Waals surface area (Å²) in [6.45, 7) is -3.64. The van der Waals surface area contributed by atoms with Crippen molar-refractivity contribution < 1.29 is 43.1 Å². The summed E-state index contributed by atoms with van der Waals surface area (Å²) in [5.41, 5.74) is 0. The molecule has 0 aromatic rings. The Kier molecular flexibility index (Phi) is 7.21. The summed E-state index contributed by atoms with van der Waals surface area (Å²) >= 11 is 0. The Labute approximate surface area is 102 Å². The molecule has 0 fully saturated rings. The van der Waals surface area contributed by atoms with Gasteiger partial charge in [-0.25, -0.2) is 17.1 Å². The van der Waals surface area contributed by atoms with E-state index >= 15 is 0 Å². The van der Waals surface area contributed by atoms with Gasteiger partial charge in [-0.3, -0.25) is 9.11 Å². The third-order valence-corrected chi connectivity index (χ3v) is 1.67. The van der Waals surface area contributed by atoms with E-state index in [1.54, 1.807) is 0 Å². The number of hydrogen-bond donors (Lipinski definition) is 2. The van der Waals surface area contributed by atoms with E-state index < -0.39 is 39.9 Å². The molecule has 0 bridgehead atoms. The van der Waals surface area contributed by atoms with Crippen molar-refractivity contribution >= 4 is 39.7 Å². The van der Waals surface area contributed by atoms with Crippen molar-refractivity contribution in [2.45, 2.75) is 5.92 Å². The average Bonchev–Trinajstić information content (AvgIpc) is 1.96. The van der Waals surface area contributed by atoms with E-state index in [0.717, 1.165) is 0 Å². The first-order valence-electron chi connectivity index (χ1n) is 3.03.